The van der Waals surface area contributed by atoms with Crippen molar-refractivity contribution in [2.45, 2.75) is 44.4 Å². The molecule has 0 unspecified atom stereocenters. The number of hydrogen-bond acceptors (Lipinski definition) is 10. The van der Waals surface area contributed by atoms with Gasteiger partial charge in [0, 0.05) is 22.7 Å². The van der Waals surface area contributed by atoms with Crippen molar-refractivity contribution in [1.29, 1.82) is 0 Å². The maximum Gasteiger partial charge on any atom is 0.234 e. The van der Waals surface area contributed by atoms with Crippen molar-refractivity contribution in [1.82, 2.24) is 29.5 Å². The highest BCUT2D eigenvalue weighted by Crippen LogP contribution is 2.28. The van der Waals surface area contributed by atoms with Crippen LogP contribution < -0.4 is 20.1 Å². The van der Waals surface area contributed by atoms with Gasteiger partial charge in [0.25, 0.3) is 0 Å². The molecule has 0 saturated heterocycles. The van der Waals surface area contributed by atoms with Gasteiger partial charge in [0.1, 0.15) is 23.1 Å². The topological polar surface area (TPSA) is 138 Å². The number of carbonyl (C=O) groups is 2. The molecule has 53 heavy (non-hydrogen) atoms. The second-order valence-electron chi connectivity index (χ2n) is 11.9. The minimum Gasteiger partial charge on any atom is -0.494 e. The third-order valence-corrected chi connectivity index (χ3v) is 9.66. The van der Waals surface area contributed by atoms with Gasteiger partial charge in [-0.05, 0) is 112 Å². The summed E-state index contributed by atoms with van der Waals surface area (Å²) in [7, 11) is 0. The van der Waals surface area contributed by atoms with E-state index < -0.39 is 0 Å². The average molecular weight is 749 g/mol. The van der Waals surface area contributed by atoms with E-state index in [2.05, 4.69) is 31.0 Å². The molecule has 4 aromatic carbocycles. The van der Waals surface area contributed by atoms with Gasteiger partial charge in [0.05, 0.1) is 31.1 Å². The molecule has 0 saturated carbocycles. The van der Waals surface area contributed by atoms with Crippen LogP contribution in [0.25, 0.3) is 11.4 Å². The Morgan fingerprint density at radius 3 is 1.40 bits per heavy atom. The monoisotopic (exact) mass is 748 g/mol. The Balaban J connectivity index is 1.23. The van der Waals surface area contributed by atoms with Gasteiger partial charge in [0.2, 0.25) is 11.8 Å². The molecule has 0 fully saturated rings. The zero-order chi connectivity index (χ0) is 37.2. The van der Waals surface area contributed by atoms with Crippen LogP contribution in [0.3, 0.4) is 0 Å². The Morgan fingerprint density at radius 1 is 0.604 bits per heavy atom. The Morgan fingerprint density at radius 2 is 1.02 bits per heavy atom. The van der Waals surface area contributed by atoms with E-state index in [4.69, 9.17) is 9.47 Å². The van der Waals surface area contributed by atoms with E-state index in [0.717, 1.165) is 34.0 Å². The normalized spacial score (nSPS) is 10.9. The summed E-state index contributed by atoms with van der Waals surface area (Å²) >= 11 is 2.59. The van der Waals surface area contributed by atoms with Crippen LogP contribution in [0.5, 0.6) is 11.5 Å². The van der Waals surface area contributed by atoms with Crippen LogP contribution in [0.4, 0.5) is 11.4 Å². The molecule has 0 spiro atoms. The molecule has 12 nitrogen and oxygen atoms in total. The van der Waals surface area contributed by atoms with Crippen LogP contribution in [0.15, 0.2) is 107 Å². The first kappa shape index (κ1) is 37.2. The van der Waals surface area contributed by atoms with Gasteiger partial charge in [-0.2, -0.15) is 0 Å². The molecule has 14 heteroatoms. The fourth-order valence-electron chi connectivity index (χ4n) is 5.47. The summed E-state index contributed by atoms with van der Waals surface area (Å²) in [6.45, 7) is 9.04. The lowest BCUT2D eigenvalue weighted by Gasteiger charge is -2.13. The zero-order valence-electron chi connectivity index (χ0n) is 29.9. The summed E-state index contributed by atoms with van der Waals surface area (Å²) < 4.78 is 14.9. The number of aryl methyl sites for hydroxylation is 2. The number of nitrogens with one attached hydrogen (secondary N) is 2. The number of benzene rings is 4. The molecule has 272 valence electrons. The van der Waals surface area contributed by atoms with Crippen molar-refractivity contribution in [2.75, 3.05) is 35.4 Å². The lowest BCUT2D eigenvalue weighted by Crippen LogP contribution is -2.15. The fourth-order valence-corrected chi connectivity index (χ4v) is 7.01. The van der Waals surface area contributed by atoms with Crippen LogP contribution in [-0.2, 0) is 16.0 Å². The Kier molecular flexibility index (Phi) is 12.4. The highest BCUT2D eigenvalue weighted by molar-refractivity contribution is 8.00. The van der Waals surface area contributed by atoms with Gasteiger partial charge in [-0.3, -0.25) is 18.7 Å². The second-order valence-corrected chi connectivity index (χ2v) is 13.8. The molecular formula is C39H40N8O4S2. The molecule has 2 aromatic heterocycles. The Bertz CT molecular complexity index is 2010. The first-order valence-corrected chi connectivity index (χ1v) is 19.1. The molecule has 0 radical (unpaired) electrons. The molecule has 0 aliphatic rings. The quantitative estimate of drug-likeness (QED) is 0.0969. The summed E-state index contributed by atoms with van der Waals surface area (Å²) in [6.07, 6.45) is 0.278. The summed E-state index contributed by atoms with van der Waals surface area (Å²) in [4.78, 5) is 26.0. The van der Waals surface area contributed by atoms with E-state index in [1.807, 2.05) is 134 Å². The van der Waals surface area contributed by atoms with Gasteiger partial charge in [-0.1, -0.05) is 47.8 Å². The van der Waals surface area contributed by atoms with Gasteiger partial charge < -0.3 is 20.1 Å². The van der Waals surface area contributed by atoms with E-state index >= 15 is 0 Å². The summed E-state index contributed by atoms with van der Waals surface area (Å²) in [5, 5.41) is 25.2. The van der Waals surface area contributed by atoms with Gasteiger partial charge in [-0.15, -0.1) is 20.4 Å². The summed E-state index contributed by atoms with van der Waals surface area (Å²) in [5.74, 6) is 2.62. The molecule has 0 aliphatic carbocycles. The highest BCUT2D eigenvalue weighted by atomic mass is 32.2. The third kappa shape index (κ3) is 9.84. The lowest BCUT2D eigenvalue weighted by atomic mass is 10.2. The number of hydrogen-bond donors (Lipinski definition) is 2. The molecule has 0 aliphatic heterocycles. The second kappa shape index (κ2) is 17.8. The van der Waals surface area contributed by atoms with Crippen molar-refractivity contribution in [3.63, 3.8) is 0 Å². The molecule has 0 bridgehead atoms. The number of anilines is 2. The molecule has 2 N–H and O–H groups in total. The van der Waals surface area contributed by atoms with Crippen molar-refractivity contribution < 1.29 is 19.1 Å². The molecule has 2 heterocycles. The van der Waals surface area contributed by atoms with E-state index in [1.54, 1.807) is 0 Å². The van der Waals surface area contributed by atoms with Crippen molar-refractivity contribution in [3.05, 3.63) is 120 Å². The average Bonchev–Trinajstić information content (AvgIpc) is 3.75. The minimum absolute atomic E-state index is 0.121. The Labute approximate surface area is 316 Å². The van der Waals surface area contributed by atoms with E-state index in [9.17, 15) is 9.59 Å². The minimum atomic E-state index is -0.174. The molecule has 0 atom stereocenters. The standard InChI is InChI=1S/C39H40N8O4S2/c1-5-50-32-17-13-28(14-18-32)40-36(48)24-52-38-44-42-34(46(38)30-11-7-9-26(3)21-30)23-35-43-45-39(47(35)31-12-8-10-27(4)22-31)53-25-37(49)41-29-15-19-33(20-16-29)51-6-2/h7-22H,5-6,23-25H2,1-4H3,(H,40,48)(H,41,49). The molecular weight excluding hydrogens is 709 g/mol. The van der Waals surface area contributed by atoms with Gasteiger partial charge in [-0.25, -0.2) is 0 Å². The largest absolute Gasteiger partial charge is 0.494 e. The first-order chi connectivity index (χ1) is 25.8. The predicted molar refractivity (Wildman–Crippen MR) is 209 cm³/mol. The SMILES string of the molecule is CCOc1ccc(NC(=O)CSc2nnc(Cc3nnc(SCC(=O)Nc4ccc(OCC)cc4)n3-c3cccc(C)c3)n2-c2cccc(C)c2)cc1. The Hall–Kier alpha value is -5.60. The van der Waals surface area contributed by atoms with Crippen molar-refractivity contribution >= 4 is 46.7 Å². The number of thioether (sulfide) groups is 2. The van der Waals surface area contributed by atoms with Crippen LogP contribution in [0.1, 0.15) is 36.6 Å². The van der Waals surface area contributed by atoms with Gasteiger partial charge in [0.15, 0.2) is 10.3 Å². The predicted octanol–water partition coefficient (Wildman–Crippen LogP) is 7.31. The fraction of sp³-hybridized carbons (Fsp3) is 0.231. The summed E-state index contributed by atoms with van der Waals surface area (Å²) in [6, 6.07) is 30.6. The van der Waals surface area contributed by atoms with Crippen LogP contribution in [0.2, 0.25) is 0 Å². The number of carbonyl (C=O) groups excluding carboxylic acids is 2. The lowest BCUT2D eigenvalue weighted by molar-refractivity contribution is -0.114. The summed E-state index contributed by atoms with van der Waals surface area (Å²) in [5.41, 5.74) is 5.21. The third-order valence-electron chi connectivity index (χ3n) is 7.80. The van der Waals surface area contributed by atoms with Crippen LogP contribution in [-0.4, -0.2) is 66.1 Å². The first-order valence-electron chi connectivity index (χ1n) is 17.1. The van der Waals surface area contributed by atoms with Crippen LogP contribution >= 0.6 is 23.5 Å². The maximum absolute atomic E-state index is 13.0. The number of nitrogens with zero attached hydrogens (tertiary/aromatic N) is 6. The van der Waals surface area contributed by atoms with Crippen molar-refractivity contribution in [2.24, 2.45) is 0 Å². The van der Waals surface area contributed by atoms with E-state index in [-0.39, 0.29) is 29.7 Å². The van der Waals surface area contributed by atoms with Crippen molar-refractivity contribution in [3.8, 4) is 22.9 Å². The zero-order valence-corrected chi connectivity index (χ0v) is 31.5. The van der Waals surface area contributed by atoms with Gasteiger partial charge >= 0.3 is 0 Å². The number of rotatable bonds is 16. The molecule has 6 rings (SSSR count). The number of ether oxygens (including phenoxy) is 2. The molecule has 6 aromatic rings. The smallest absolute Gasteiger partial charge is 0.234 e. The van der Waals surface area contributed by atoms with E-state index in [1.165, 1.54) is 23.5 Å². The molecule has 2 amide bonds. The highest BCUT2D eigenvalue weighted by Gasteiger charge is 2.22. The number of amides is 2. The maximum atomic E-state index is 13.0. The van der Waals surface area contributed by atoms with E-state index in [0.29, 0.717) is 46.6 Å². The number of aromatic nitrogens is 6. The van der Waals surface area contributed by atoms with Crippen LogP contribution in [0, 0.1) is 13.8 Å².